The van der Waals surface area contributed by atoms with E-state index in [0.29, 0.717) is 0 Å². The van der Waals surface area contributed by atoms with Crippen LogP contribution in [0.1, 0.15) is 18.4 Å². The monoisotopic (exact) mass is 150 g/mol. The van der Waals surface area contributed by atoms with Gasteiger partial charge in [-0.1, -0.05) is 6.08 Å². The van der Waals surface area contributed by atoms with Gasteiger partial charge < -0.3 is 0 Å². The molecule has 0 bridgehead atoms. The Morgan fingerprint density at radius 1 is 1.73 bits per heavy atom. The van der Waals surface area contributed by atoms with Crippen molar-refractivity contribution in [3.05, 3.63) is 30.6 Å². The molecule has 0 fully saturated rings. The highest BCUT2D eigenvalue weighted by atomic mass is 15.3. The molecule has 0 aliphatic rings. The molecule has 0 N–H and O–H groups in total. The first kappa shape index (κ1) is 8.05. The van der Waals surface area contributed by atoms with Gasteiger partial charge in [-0.2, -0.15) is 5.10 Å². The van der Waals surface area contributed by atoms with Gasteiger partial charge in [0.15, 0.2) is 0 Å². The number of aromatic nitrogens is 2. The molecule has 60 valence electrons. The Balaban J connectivity index is 2.32. The second kappa shape index (κ2) is 3.96. The van der Waals surface area contributed by atoms with Gasteiger partial charge in [-0.3, -0.25) is 4.68 Å². The number of unbranched alkanes of at least 4 members (excludes halogenated alkanes) is 1. The lowest BCUT2D eigenvalue weighted by atomic mass is 10.3. The van der Waals surface area contributed by atoms with E-state index in [-0.39, 0.29) is 0 Å². The highest BCUT2D eigenvalue weighted by Gasteiger charge is 1.91. The van der Waals surface area contributed by atoms with E-state index in [2.05, 4.69) is 24.8 Å². The van der Waals surface area contributed by atoms with Crippen LogP contribution in [0.2, 0.25) is 0 Å². The largest absolute Gasteiger partial charge is 0.272 e. The van der Waals surface area contributed by atoms with Crippen molar-refractivity contribution in [2.75, 3.05) is 0 Å². The molecule has 0 aromatic carbocycles. The Morgan fingerprint density at radius 3 is 3.09 bits per heavy atom. The lowest BCUT2D eigenvalue weighted by Crippen LogP contribution is -1.96. The predicted octanol–water partition coefficient (Wildman–Crippen LogP) is 2.16. The first-order valence-corrected chi connectivity index (χ1v) is 3.93. The van der Waals surface area contributed by atoms with Crippen molar-refractivity contribution in [2.45, 2.75) is 26.3 Å². The van der Waals surface area contributed by atoms with E-state index >= 15 is 0 Å². The molecule has 0 unspecified atom stereocenters. The molecule has 0 aliphatic carbocycles. The van der Waals surface area contributed by atoms with Gasteiger partial charge in [-0.15, -0.1) is 6.58 Å². The van der Waals surface area contributed by atoms with Gasteiger partial charge in [-0.25, -0.2) is 0 Å². The zero-order valence-corrected chi connectivity index (χ0v) is 6.95. The van der Waals surface area contributed by atoms with Crippen LogP contribution in [0.3, 0.4) is 0 Å². The summed E-state index contributed by atoms with van der Waals surface area (Å²) >= 11 is 0. The zero-order valence-electron chi connectivity index (χ0n) is 6.95. The molecule has 0 saturated carbocycles. The van der Waals surface area contributed by atoms with Crippen molar-refractivity contribution in [1.82, 2.24) is 9.78 Å². The first-order valence-electron chi connectivity index (χ1n) is 3.93. The van der Waals surface area contributed by atoms with Gasteiger partial charge in [-0.05, 0) is 25.3 Å². The van der Waals surface area contributed by atoms with Crippen molar-refractivity contribution < 1.29 is 0 Å². The SMILES string of the molecule is C=CCCCn1cc(C)cn1. The van der Waals surface area contributed by atoms with E-state index in [4.69, 9.17) is 0 Å². The molecule has 2 nitrogen and oxygen atoms in total. The maximum absolute atomic E-state index is 4.17. The highest BCUT2D eigenvalue weighted by molar-refractivity contribution is 4.99. The molecule has 2 heteroatoms. The Morgan fingerprint density at radius 2 is 2.55 bits per heavy atom. The molecule has 0 amide bonds. The van der Waals surface area contributed by atoms with Gasteiger partial charge >= 0.3 is 0 Å². The fourth-order valence-electron chi connectivity index (χ4n) is 0.987. The van der Waals surface area contributed by atoms with Crippen LogP contribution in [0, 0.1) is 6.92 Å². The summed E-state index contributed by atoms with van der Waals surface area (Å²) < 4.78 is 1.97. The Labute approximate surface area is 67.5 Å². The number of nitrogens with zero attached hydrogens (tertiary/aromatic N) is 2. The van der Waals surface area contributed by atoms with Gasteiger partial charge in [0.05, 0.1) is 6.20 Å². The maximum Gasteiger partial charge on any atom is 0.0518 e. The molecule has 1 rings (SSSR count). The standard InChI is InChI=1S/C9H14N2/c1-3-4-5-6-11-8-9(2)7-10-11/h3,7-8H,1,4-6H2,2H3. The maximum atomic E-state index is 4.17. The summed E-state index contributed by atoms with van der Waals surface area (Å²) in [6.45, 7) is 6.72. The first-order chi connectivity index (χ1) is 5.33. The molecule has 0 aliphatic heterocycles. The van der Waals surface area contributed by atoms with E-state index in [1.54, 1.807) is 0 Å². The molecular formula is C9H14N2. The van der Waals surface area contributed by atoms with Crippen LogP contribution in [0.25, 0.3) is 0 Å². The fraction of sp³-hybridized carbons (Fsp3) is 0.444. The van der Waals surface area contributed by atoms with Crippen molar-refractivity contribution in [3.8, 4) is 0 Å². The molecule has 11 heavy (non-hydrogen) atoms. The summed E-state index contributed by atoms with van der Waals surface area (Å²) in [7, 11) is 0. The Hall–Kier alpha value is -1.05. The number of aryl methyl sites for hydroxylation is 2. The quantitative estimate of drug-likeness (QED) is 0.475. The lowest BCUT2D eigenvalue weighted by molar-refractivity contribution is 0.583. The smallest absolute Gasteiger partial charge is 0.0518 e. The summed E-state index contributed by atoms with van der Waals surface area (Å²) in [5, 5.41) is 4.17. The van der Waals surface area contributed by atoms with E-state index < -0.39 is 0 Å². The average Bonchev–Trinajstić information content (AvgIpc) is 2.37. The van der Waals surface area contributed by atoms with E-state index in [0.717, 1.165) is 19.4 Å². The lowest BCUT2D eigenvalue weighted by Gasteiger charge is -1.96. The van der Waals surface area contributed by atoms with E-state index in [9.17, 15) is 0 Å². The van der Waals surface area contributed by atoms with Crippen molar-refractivity contribution in [1.29, 1.82) is 0 Å². The predicted molar refractivity (Wildman–Crippen MR) is 46.4 cm³/mol. The van der Waals surface area contributed by atoms with E-state index in [1.165, 1.54) is 5.56 Å². The van der Waals surface area contributed by atoms with Crippen molar-refractivity contribution in [3.63, 3.8) is 0 Å². The molecular weight excluding hydrogens is 136 g/mol. The third-order valence-corrected chi connectivity index (χ3v) is 1.56. The second-order valence-corrected chi connectivity index (χ2v) is 2.71. The summed E-state index contributed by atoms with van der Waals surface area (Å²) in [5.41, 5.74) is 1.23. The molecule has 0 spiro atoms. The van der Waals surface area contributed by atoms with Crippen LogP contribution in [-0.4, -0.2) is 9.78 Å². The fourth-order valence-corrected chi connectivity index (χ4v) is 0.987. The summed E-state index contributed by atoms with van der Waals surface area (Å²) in [5.74, 6) is 0. The van der Waals surface area contributed by atoms with Gasteiger partial charge in [0, 0.05) is 12.7 Å². The van der Waals surface area contributed by atoms with Crippen molar-refractivity contribution >= 4 is 0 Å². The number of allylic oxidation sites excluding steroid dienone is 1. The summed E-state index contributed by atoms with van der Waals surface area (Å²) in [4.78, 5) is 0. The minimum Gasteiger partial charge on any atom is -0.272 e. The molecule has 1 aromatic rings. The molecule has 0 saturated heterocycles. The normalized spacial score (nSPS) is 9.91. The third-order valence-electron chi connectivity index (χ3n) is 1.56. The number of hydrogen-bond donors (Lipinski definition) is 0. The van der Waals surface area contributed by atoms with Crippen molar-refractivity contribution in [2.24, 2.45) is 0 Å². The molecule has 0 radical (unpaired) electrons. The van der Waals surface area contributed by atoms with Crippen LogP contribution >= 0.6 is 0 Å². The van der Waals surface area contributed by atoms with Crippen LogP contribution in [0.15, 0.2) is 25.0 Å². The molecule has 1 aromatic heterocycles. The summed E-state index contributed by atoms with van der Waals surface area (Å²) in [6, 6.07) is 0. The van der Waals surface area contributed by atoms with Crippen LogP contribution in [-0.2, 0) is 6.54 Å². The van der Waals surface area contributed by atoms with E-state index in [1.807, 2.05) is 17.0 Å². The van der Waals surface area contributed by atoms with Crippen LogP contribution < -0.4 is 0 Å². The van der Waals surface area contributed by atoms with Crippen LogP contribution in [0.5, 0.6) is 0 Å². The number of hydrogen-bond acceptors (Lipinski definition) is 1. The highest BCUT2D eigenvalue weighted by Crippen LogP contribution is 1.97. The van der Waals surface area contributed by atoms with Gasteiger partial charge in [0.1, 0.15) is 0 Å². The number of rotatable bonds is 4. The molecule has 0 atom stereocenters. The Bertz CT molecular complexity index is 225. The van der Waals surface area contributed by atoms with Gasteiger partial charge in [0.25, 0.3) is 0 Å². The third kappa shape index (κ3) is 2.58. The molecule has 1 heterocycles. The average molecular weight is 150 g/mol. The van der Waals surface area contributed by atoms with Gasteiger partial charge in [0.2, 0.25) is 0 Å². The Kier molecular flexibility index (Phi) is 2.90. The minimum absolute atomic E-state index is 1.000. The topological polar surface area (TPSA) is 17.8 Å². The van der Waals surface area contributed by atoms with Crippen LogP contribution in [0.4, 0.5) is 0 Å². The second-order valence-electron chi connectivity index (χ2n) is 2.71. The minimum atomic E-state index is 1.000. The zero-order chi connectivity index (χ0) is 8.10. The summed E-state index contributed by atoms with van der Waals surface area (Å²) in [6.07, 6.45) is 8.08.